The van der Waals surface area contributed by atoms with E-state index in [-0.39, 0.29) is 31.2 Å². The summed E-state index contributed by atoms with van der Waals surface area (Å²) in [5, 5.41) is 2.65. The van der Waals surface area contributed by atoms with E-state index in [0.717, 1.165) is 11.4 Å². The van der Waals surface area contributed by atoms with Gasteiger partial charge in [-0.3, -0.25) is 24.0 Å². The molecule has 0 aromatic carbocycles. The fourth-order valence-corrected chi connectivity index (χ4v) is 3.85. The van der Waals surface area contributed by atoms with Crippen LogP contribution in [0.3, 0.4) is 0 Å². The van der Waals surface area contributed by atoms with Crippen LogP contribution in [0, 0.1) is 6.92 Å². The lowest BCUT2D eigenvalue weighted by molar-refractivity contribution is -0.139. The Kier molecular flexibility index (Phi) is 9.96. The Hall–Kier alpha value is -3.50. The maximum Gasteiger partial charge on any atom is 0.284 e. The van der Waals surface area contributed by atoms with E-state index in [1.165, 1.54) is 11.8 Å². The zero-order valence-corrected chi connectivity index (χ0v) is 20.1. The van der Waals surface area contributed by atoms with Gasteiger partial charge in [-0.15, -0.1) is 0 Å². The van der Waals surface area contributed by atoms with Crippen LogP contribution in [0.25, 0.3) is 0 Å². The van der Waals surface area contributed by atoms with Gasteiger partial charge in [0.15, 0.2) is 0 Å². The van der Waals surface area contributed by atoms with E-state index < -0.39 is 23.6 Å². The van der Waals surface area contributed by atoms with Gasteiger partial charge in [0.25, 0.3) is 5.91 Å². The molecule has 2 rings (SSSR count). The minimum atomic E-state index is -1.08. The van der Waals surface area contributed by atoms with E-state index in [9.17, 15) is 24.0 Å². The Labute approximate surface area is 199 Å². The molecule has 2 heterocycles. The second kappa shape index (κ2) is 12.7. The summed E-state index contributed by atoms with van der Waals surface area (Å²) in [4.78, 5) is 70.0. The van der Waals surface area contributed by atoms with Gasteiger partial charge in [0.05, 0.1) is 6.54 Å². The van der Waals surface area contributed by atoms with Crippen LogP contribution in [0.5, 0.6) is 0 Å². The molecule has 0 bridgehead atoms. The van der Waals surface area contributed by atoms with Gasteiger partial charge in [0, 0.05) is 52.3 Å². The monoisotopic (exact) mass is 474 g/mol. The molecule has 1 aromatic rings. The number of nitrogens with zero attached hydrogens (tertiary/aromatic N) is 4. The third kappa shape index (κ3) is 7.53. The molecule has 4 amide bonds. The average Bonchev–Trinajstić information content (AvgIpc) is 2.81. The quantitative estimate of drug-likeness (QED) is 0.416. The number of nitrogens with one attached hydrogen (secondary N) is 1. The number of hydrogen-bond donors (Lipinski definition) is 2. The summed E-state index contributed by atoms with van der Waals surface area (Å²) in [7, 11) is 0. The highest BCUT2D eigenvalue weighted by Crippen LogP contribution is 2.18. The molecule has 11 heteroatoms. The Morgan fingerprint density at radius 1 is 1.18 bits per heavy atom. The fourth-order valence-electron chi connectivity index (χ4n) is 3.85. The van der Waals surface area contributed by atoms with Crippen LogP contribution in [0.15, 0.2) is 18.3 Å². The third-order valence-electron chi connectivity index (χ3n) is 5.71. The Morgan fingerprint density at radius 3 is 2.41 bits per heavy atom. The highest BCUT2D eigenvalue weighted by atomic mass is 16.2. The average molecular weight is 475 g/mol. The second-order valence-electron chi connectivity index (χ2n) is 8.34. The molecule has 34 heavy (non-hydrogen) atoms. The molecule has 0 spiro atoms. The number of aromatic nitrogens is 1. The molecule has 11 nitrogen and oxygen atoms in total. The molecule has 0 saturated carbocycles. The summed E-state index contributed by atoms with van der Waals surface area (Å²) >= 11 is 0. The number of carbonyl (C=O) groups excluding carboxylic acids is 5. The summed E-state index contributed by atoms with van der Waals surface area (Å²) in [6.07, 6.45) is 2.09. The molecule has 3 N–H and O–H groups in total. The molecule has 1 saturated heterocycles. The van der Waals surface area contributed by atoms with Gasteiger partial charge in [-0.05, 0) is 31.4 Å². The van der Waals surface area contributed by atoms with E-state index >= 15 is 0 Å². The second-order valence-corrected chi connectivity index (χ2v) is 8.34. The SMILES string of the molecule is CCCN(CC(=O)N[C@@H](CCC(=O)C(N)=O)C(=O)N1CCN(c2ncccc2C)CC1)C(C)=O. The van der Waals surface area contributed by atoms with Crippen LogP contribution in [0.2, 0.25) is 0 Å². The van der Waals surface area contributed by atoms with E-state index in [1.54, 1.807) is 11.1 Å². The lowest BCUT2D eigenvalue weighted by Gasteiger charge is -2.37. The molecule has 1 aliphatic rings. The first-order valence-corrected chi connectivity index (χ1v) is 11.5. The van der Waals surface area contributed by atoms with E-state index in [0.29, 0.717) is 39.1 Å². The number of primary amides is 1. The topological polar surface area (TPSA) is 146 Å². The van der Waals surface area contributed by atoms with Crippen molar-refractivity contribution in [2.24, 2.45) is 5.73 Å². The number of pyridine rings is 1. The minimum Gasteiger partial charge on any atom is -0.363 e. The van der Waals surface area contributed by atoms with Crippen molar-refractivity contribution in [3.63, 3.8) is 0 Å². The molecule has 1 atom stereocenters. The number of carbonyl (C=O) groups is 5. The molecular weight excluding hydrogens is 440 g/mol. The van der Waals surface area contributed by atoms with Crippen LogP contribution in [0.4, 0.5) is 5.82 Å². The number of amides is 4. The molecule has 0 aliphatic carbocycles. The first-order chi connectivity index (χ1) is 16.1. The number of piperazine rings is 1. The lowest BCUT2D eigenvalue weighted by Crippen LogP contribution is -2.56. The van der Waals surface area contributed by atoms with Crippen LogP contribution in [-0.4, -0.2) is 89.5 Å². The maximum absolute atomic E-state index is 13.2. The predicted octanol–water partition coefficient (Wildman–Crippen LogP) is -0.383. The molecule has 0 unspecified atom stereocenters. The number of hydrogen-bond acceptors (Lipinski definition) is 7. The Morgan fingerprint density at radius 2 is 1.85 bits per heavy atom. The zero-order valence-electron chi connectivity index (χ0n) is 20.1. The van der Waals surface area contributed by atoms with Crippen LogP contribution in [-0.2, 0) is 24.0 Å². The lowest BCUT2D eigenvalue weighted by atomic mass is 10.1. The van der Waals surface area contributed by atoms with E-state index in [4.69, 9.17) is 5.73 Å². The van der Waals surface area contributed by atoms with Gasteiger partial charge in [0.2, 0.25) is 23.5 Å². The van der Waals surface area contributed by atoms with Crippen molar-refractivity contribution >= 4 is 35.2 Å². The molecule has 1 aromatic heterocycles. The molecule has 0 radical (unpaired) electrons. The highest BCUT2D eigenvalue weighted by Gasteiger charge is 2.30. The number of aryl methyl sites for hydroxylation is 1. The maximum atomic E-state index is 13.2. The number of Topliss-reactive ketones (excluding diaryl/α,β-unsaturated/α-hetero) is 1. The minimum absolute atomic E-state index is 0.0558. The van der Waals surface area contributed by atoms with Crippen molar-refractivity contribution in [3.05, 3.63) is 23.9 Å². The number of nitrogens with two attached hydrogens (primary N) is 1. The Balaban J connectivity index is 2.06. The van der Waals surface area contributed by atoms with E-state index in [1.807, 2.05) is 26.0 Å². The summed E-state index contributed by atoms with van der Waals surface area (Å²) < 4.78 is 0. The van der Waals surface area contributed by atoms with E-state index in [2.05, 4.69) is 15.2 Å². The first kappa shape index (κ1) is 26.7. The first-order valence-electron chi connectivity index (χ1n) is 11.5. The standard InChI is InChI=1S/C23H34N6O5/c1-4-10-29(17(3)30)15-20(32)26-18(7-8-19(31)21(24)33)23(34)28-13-11-27(12-14-28)22-16(2)6-5-9-25-22/h5-6,9,18H,4,7-8,10-15H2,1-3H3,(H2,24,33)(H,26,32)/t18-/m0/s1. The van der Waals surface area contributed by atoms with Crippen molar-refractivity contribution < 1.29 is 24.0 Å². The predicted molar refractivity (Wildman–Crippen MR) is 126 cm³/mol. The van der Waals surface area contributed by atoms with Gasteiger partial charge in [0.1, 0.15) is 11.9 Å². The molecule has 1 aliphatic heterocycles. The van der Waals surface area contributed by atoms with Crippen molar-refractivity contribution in [2.45, 2.75) is 46.1 Å². The highest BCUT2D eigenvalue weighted by molar-refractivity contribution is 6.35. The van der Waals surface area contributed by atoms with Crippen LogP contribution in [0.1, 0.15) is 38.7 Å². The van der Waals surface area contributed by atoms with Gasteiger partial charge in [-0.25, -0.2) is 4.98 Å². The smallest absolute Gasteiger partial charge is 0.284 e. The molecule has 186 valence electrons. The number of anilines is 1. The molecular formula is C23H34N6O5. The summed E-state index contributed by atoms with van der Waals surface area (Å²) in [6, 6.07) is 2.84. The third-order valence-corrected chi connectivity index (χ3v) is 5.71. The zero-order chi connectivity index (χ0) is 25.3. The van der Waals surface area contributed by atoms with Crippen molar-refractivity contribution in [3.8, 4) is 0 Å². The fraction of sp³-hybridized carbons (Fsp3) is 0.565. The van der Waals surface area contributed by atoms with Crippen molar-refractivity contribution in [1.29, 1.82) is 0 Å². The van der Waals surface area contributed by atoms with Gasteiger partial charge >= 0.3 is 0 Å². The normalized spacial score (nSPS) is 14.3. The van der Waals surface area contributed by atoms with Crippen molar-refractivity contribution in [1.82, 2.24) is 20.1 Å². The number of rotatable bonds is 11. The van der Waals surface area contributed by atoms with Crippen LogP contribution >= 0.6 is 0 Å². The van der Waals surface area contributed by atoms with Gasteiger partial charge < -0.3 is 25.8 Å². The summed E-state index contributed by atoms with van der Waals surface area (Å²) in [5.74, 6) is -2.11. The summed E-state index contributed by atoms with van der Waals surface area (Å²) in [5.41, 5.74) is 6.07. The van der Waals surface area contributed by atoms with Crippen molar-refractivity contribution in [2.75, 3.05) is 44.2 Å². The largest absolute Gasteiger partial charge is 0.363 e. The molecule has 1 fully saturated rings. The van der Waals surface area contributed by atoms with Crippen LogP contribution < -0.4 is 16.0 Å². The number of ketones is 1. The van der Waals surface area contributed by atoms with Gasteiger partial charge in [-0.1, -0.05) is 13.0 Å². The summed E-state index contributed by atoms with van der Waals surface area (Å²) in [6.45, 7) is 7.44. The van der Waals surface area contributed by atoms with Gasteiger partial charge in [-0.2, -0.15) is 0 Å². The Bertz CT molecular complexity index is 913.